The van der Waals surface area contributed by atoms with Crippen LogP contribution < -0.4 is 5.32 Å². The summed E-state index contributed by atoms with van der Waals surface area (Å²) in [6.07, 6.45) is 3.83. The molecular formula is C10H10N4O2S. The molecule has 2 aromatic heterocycles. The Hall–Kier alpha value is -2.02. The highest BCUT2D eigenvalue weighted by Gasteiger charge is 2.04. The molecule has 0 amide bonds. The van der Waals surface area contributed by atoms with Crippen molar-refractivity contribution in [2.45, 2.75) is 6.42 Å². The molecule has 2 rings (SSSR count). The lowest BCUT2D eigenvalue weighted by molar-refractivity contribution is -0.385. The number of anilines is 1. The first-order valence-electron chi connectivity index (χ1n) is 4.98. The number of nitro groups is 1. The Morgan fingerprint density at radius 1 is 1.41 bits per heavy atom. The number of aromatic nitrogens is 2. The van der Waals surface area contributed by atoms with Gasteiger partial charge in [0.25, 0.3) is 5.69 Å². The monoisotopic (exact) mass is 250 g/mol. The van der Waals surface area contributed by atoms with E-state index in [1.807, 2.05) is 5.38 Å². The van der Waals surface area contributed by atoms with Crippen LogP contribution in [0.1, 0.15) is 5.01 Å². The molecule has 6 nitrogen and oxygen atoms in total. The van der Waals surface area contributed by atoms with Crippen molar-refractivity contribution in [2.24, 2.45) is 0 Å². The molecule has 0 saturated heterocycles. The number of pyridine rings is 1. The first kappa shape index (κ1) is 11.5. The van der Waals surface area contributed by atoms with Gasteiger partial charge in [0.1, 0.15) is 12.0 Å². The third-order valence-corrected chi connectivity index (χ3v) is 2.93. The molecular weight excluding hydrogens is 240 g/mol. The van der Waals surface area contributed by atoms with Crippen LogP contribution in [0, 0.1) is 10.1 Å². The molecule has 0 saturated carbocycles. The van der Waals surface area contributed by atoms with Crippen LogP contribution in [0.5, 0.6) is 0 Å². The summed E-state index contributed by atoms with van der Waals surface area (Å²) in [6.45, 7) is 0.707. The van der Waals surface area contributed by atoms with Crippen LogP contribution >= 0.6 is 11.3 Å². The van der Waals surface area contributed by atoms with Crippen molar-refractivity contribution in [3.05, 3.63) is 45.0 Å². The lowest BCUT2D eigenvalue weighted by Crippen LogP contribution is -2.06. The minimum Gasteiger partial charge on any atom is -0.370 e. The van der Waals surface area contributed by atoms with Crippen molar-refractivity contribution in [3.63, 3.8) is 0 Å². The minimum absolute atomic E-state index is 0.00419. The Labute approximate surface area is 102 Å². The summed E-state index contributed by atoms with van der Waals surface area (Å²) in [5, 5.41) is 16.5. The number of nitrogens with one attached hydrogen (secondary N) is 1. The molecule has 0 unspecified atom stereocenters. The average Bonchev–Trinajstić information content (AvgIpc) is 2.83. The summed E-state index contributed by atoms with van der Waals surface area (Å²) in [5.41, 5.74) is -0.00419. The van der Waals surface area contributed by atoms with Crippen molar-refractivity contribution in [2.75, 3.05) is 11.9 Å². The summed E-state index contributed by atoms with van der Waals surface area (Å²) in [5.74, 6) is 0.632. The smallest absolute Gasteiger partial charge is 0.287 e. The lowest BCUT2D eigenvalue weighted by Gasteiger charge is -2.02. The molecule has 1 N–H and O–H groups in total. The van der Waals surface area contributed by atoms with Crippen molar-refractivity contribution in [1.29, 1.82) is 0 Å². The topological polar surface area (TPSA) is 81.0 Å². The largest absolute Gasteiger partial charge is 0.370 e. The number of hydrogen-bond acceptors (Lipinski definition) is 6. The van der Waals surface area contributed by atoms with Gasteiger partial charge < -0.3 is 5.32 Å². The van der Waals surface area contributed by atoms with Gasteiger partial charge in [-0.2, -0.15) is 0 Å². The maximum Gasteiger partial charge on any atom is 0.287 e. The van der Waals surface area contributed by atoms with Gasteiger partial charge in [-0.3, -0.25) is 10.1 Å². The fraction of sp³-hybridized carbons (Fsp3) is 0.200. The standard InChI is InChI=1S/C10H10N4O2S/c15-14(16)8-1-2-9(13-7-8)11-4-3-10-12-5-6-17-10/h1-2,5-7H,3-4H2,(H,11,13). The zero-order valence-corrected chi connectivity index (χ0v) is 9.68. The van der Waals surface area contributed by atoms with Gasteiger partial charge in [0.15, 0.2) is 0 Å². The molecule has 88 valence electrons. The number of nitrogens with zero attached hydrogens (tertiary/aromatic N) is 3. The van der Waals surface area contributed by atoms with Crippen LogP contribution in [-0.4, -0.2) is 21.4 Å². The second kappa shape index (κ2) is 5.35. The Balaban J connectivity index is 1.85. The van der Waals surface area contributed by atoms with Gasteiger partial charge in [-0.05, 0) is 6.07 Å². The van der Waals surface area contributed by atoms with Crippen LogP contribution in [-0.2, 0) is 6.42 Å². The molecule has 17 heavy (non-hydrogen) atoms. The molecule has 0 aliphatic carbocycles. The summed E-state index contributed by atoms with van der Waals surface area (Å²) < 4.78 is 0. The number of hydrogen-bond donors (Lipinski definition) is 1. The van der Waals surface area contributed by atoms with Crippen LogP contribution in [0.3, 0.4) is 0 Å². The summed E-state index contributed by atoms with van der Waals surface area (Å²) in [4.78, 5) is 18.1. The number of thiazole rings is 1. The quantitative estimate of drug-likeness (QED) is 0.649. The lowest BCUT2D eigenvalue weighted by atomic mass is 10.4. The number of rotatable bonds is 5. The van der Waals surface area contributed by atoms with E-state index < -0.39 is 4.92 Å². The van der Waals surface area contributed by atoms with E-state index in [0.717, 1.165) is 11.4 Å². The van der Waals surface area contributed by atoms with E-state index >= 15 is 0 Å². The highest BCUT2D eigenvalue weighted by molar-refractivity contribution is 7.09. The SMILES string of the molecule is O=[N+]([O-])c1ccc(NCCc2nccs2)nc1. The second-order valence-electron chi connectivity index (χ2n) is 3.26. The summed E-state index contributed by atoms with van der Waals surface area (Å²) >= 11 is 1.60. The fourth-order valence-electron chi connectivity index (χ4n) is 1.27. The fourth-order valence-corrected chi connectivity index (χ4v) is 1.89. The average molecular weight is 250 g/mol. The van der Waals surface area contributed by atoms with E-state index in [4.69, 9.17) is 0 Å². The van der Waals surface area contributed by atoms with Crippen LogP contribution in [0.2, 0.25) is 0 Å². The molecule has 0 fully saturated rings. The first-order chi connectivity index (χ1) is 8.25. The third-order valence-electron chi connectivity index (χ3n) is 2.09. The highest BCUT2D eigenvalue weighted by atomic mass is 32.1. The van der Waals surface area contributed by atoms with Crippen LogP contribution in [0.25, 0.3) is 0 Å². The second-order valence-corrected chi connectivity index (χ2v) is 4.24. The van der Waals surface area contributed by atoms with Gasteiger partial charge in [0.2, 0.25) is 0 Å². The van der Waals surface area contributed by atoms with Crippen molar-refractivity contribution in [1.82, 2.24) is 9.97 Å². The van der Waals surface area contributed by atoms with Gasteiger partial charge in [0.05, 0.1) is 9.93 Å². The zero-order chi connectivity index (χ0) is 12.1. The molecule has 0 aliphatic heterocycles. The molecule has 0 aromatic carbocycles. The Morgan fingerprint density at radius 3 is 2.88 bits per heavy atom. The van der Waals surface area contributed by atoms with E-state index in [9.17, 15) is 10.1 Å². The maximum atomic E-state index is 10.4. The summed E-state index contributed by atoms with van der Waals surface area (Å²) in [6, 6.07) is 3.03. The van der Waals surface area contributed by atoms with Crippen LogP contribution in [0.15, 0.2) is 29.9 Å². The Bertz CT molecular complexity index is 484. The Morgan fingerprint density at radius 2 is 2.29 bits per heavy atom. The van der Waals surface area contributed by atoms with Crippen molar-refractivity contribution in [3.8, 4) is 0 Å². The van der Waals surface area contributed by atoms with Gasteiger partial charge in [-0.25, -0.2) is 9.97 Å². The van der Waals surface area contributed by atoms with Gasteiger partial charge in [-0.15, -0.1) is 11.3 Å². The predicted molar refractivity (Wildman–Crippen MR) is 65.2 cm³/mol. The zero-order valence-electron chi connectivity index (χ0n) is 8.87. The van der Waals surface area contributed by atoms with E-state index in [0.29, 0.717) is 12.4 Å². The molecule has 0 spiro atoms. The molecule has 0 radical (unpaired) electrons. The third kappa shape index (κ3) is 3.22. The van der Waals surface area contributed by atoms with Crippen molar-refractivity contribution < 1.29 is 4.92 Å². The van der Waals surface area contributed by atoms with E-state index in [1.165, 1.54) is 12.3 Å². The van der Waals surface area contributed by atoms with E-state index in [2.05, 4.69) is 15.3 Å². The molecule has 0 bridgehead atoms. The van der Waals surface area contributed by atoms with Gasteiger partial charge in [-0.1, -0.05) is 0 Å². The highest BCUT2D eigenvalue weighted by Crippen LogP contribution is 2.12. The van der Waals surface area contributed by atoms with E-state index in [-0.39, 0.29) is 5.69 Å². The molecule has 2 heterocycles. The normalized spacial score (nSPS) is 10.1. The first-order valence-corrected chi connectivity index (χ1v) is 5.86. The van der Waals surface area contributed by atoms with Gasteiger partial charge in [0, 0.05) is 30.6 Å². The van der Waals surface area contributed by atoms with Crippen LogP contribution in [0.4, 0.5) is 11.5 Å². The maximum absolute atomic E-state index is 10.4. The van der Waals surface area contributed by atoms with Crippen molar-refractivity contribution >= 4 is 22.8 Å². The minimum atomic E-state index is -0.466. The molecule has 7 heteroatoms. The molecule has 0 aliphatic rings. The molecule has 2 aromatic rings. The molecule has 0 atom stereocenters. The predicted octanol–water partition coefficient (Wildman–Crippen LogP) is 2.10. The Kier molecular flexibility index (Phi) is 3.61. The summed E-state index contributed by atoms with van der Waals surface area (Å²) in [7, 11) is 0. The van der Waals surface area contributed by atoms with E-state index in [1.54, 1.807) is 23.6 Å². The van der Waals surface area contributed by atoms with Gasteiger partial charge >= 0.3 is 0 Å².